The molecule has 0 saturated carbocycles. The van der Waals surface area contributed by atoms with E-state index in [9.17, 15) is 9.90 Å². The molecule has 1 aromatic rings. The number of aliphatic hydroxyl groups excluding tert-OH is 1. The van der Waals surface area contributed by atoms with Crippen molar-refractivity contribution in [2.75, 3.05) is 50.8 Å². The fraction of sp³-hybridized carbons (Fsp3) is 0.722. The maximum Gasteiger partial charge on any atom is 0.228 e. The number of likely N-dealkylation sites (tertiary alicyclic amines) is 1. The van der Waals surface area contributed by atoms with Crippen LogP contribution in [0.2, 0.25) is 0 Å². The summed E-state index contributed by atoms with van der Waals surface area (Å²) in [5.74, 6) is 0.709. The van der Waals surface area contributed by atoms with Crippen molar-refractivity contribution in [3.05, 3.63) is 18.5 Å². The highest BCUT2D eigenvalue weighted by Crippen LogP contribution is 2.35. The van der Waals surface area contributed by atoms with E-state index in [1.165, 1.54) is 19.3 Å². The Labute approximate surface area is 149 Å². The number of hydrogen-bond donors (Lipinski definition) is 2. The molecule has 1 amide bonds. The van der Waals surface area contributed by atoms with Crippen LogP contribution in [0.1, 0.15) is 32.1 Å². The van der Waals surface area contributed by atoms with Gasteiger partial charge in [-0.15, -0.1) is 0 Å². The minimum Gasteiger partial charge on any atom is -0.396 e. The Bertz CT molecular complexity index is 550. The molecule has 3 rings (SSSR count). The Balaban J connectivity index is 1.55. The first-order chi connectivity index (χ1) is 12.2. The molecule has 1 unspecified atom stereocenters. The SMILES string of the molecule is O=C(NCCN1CCCCC1)C1(CCO)CCN(c2ncccn2)C1. The van der Waals surface area contributed by atoms with E-state index in [1.807, 2.05) is 4.90 Å². The van der Waals surface area contributed by atoms with Crippen molar-refractivity contribution >= 4 is 11.9 Å². The third-order valence-corrected chi connectivity index (χ3v) is 5.42. The van der Waals surface area contributed by atoms with Gasteiger partial charge in [0.25, 0.3) is 0 Å². The second-order valence-electron chi connectivity index (χ2n) is 7.13. The standard InChI is InChI=1S/C18H29N5O2/c24-14-6-18(5-12-23(15-18)17-20-7-4-8-21-17)16(25)19-9-13-22-10-2-1-3-11-22/h4,7-8,24H,1-3,5-6,9-15H2,(H,19,25). The number of carbonyl (C=O) groups excluding carboxylic acids is 1. The van der Waals surface area contributed by atoms with Crippen LogP contribution in [-0.4, -0.2) is 71.8 Å². The Hall–Kier alpha value is -1.73. The summed E-state index contributed by atoms with van der Waals surface area (Å²) in [6.07, 6.45) is 8.47. The third-order valence-electron chi connectivity index (χ3n) is 5.42. The van der Waals surface area contributed by atoms with Crippen LogP contribution in [0.3, 0.4) is 0 Å². The van der Waals surface area contributed by atoms with Crippen molar-refractivity contribution in [2.45, 2.75) is 32.1 Å². The van der Waals surface area contributed by atoms with Gasteiger partial charge in [-0.3, -0.25) is 4.79 Å². The van der Waals surface area contributed by atoms with E-state index < -0.39 is 5.41 Å². The highest BCUT2D eigenvalue weighted by atomic mass is 16.3. The van der Waals surface area contributed by atoms with Gasteiger partial charge in [0, 0.05) is 45.2 Å². The van der Waals surface area contributed by atoms with Gasteiger partial charge >= 0.3 is 0 Å². The first-order valence-corrected chi connectivity index (χ1v) is 9.37. The maximum atomic E-state index is 12.9. The average molecular weight is 347 g/mol. The molecule has 138 valence electrons. The minimum atomic E-state index is -0.546. The second-order valence-corrected chi connectivity index (χ2v) is 7.13. The maximum absolute atomic E-state index is 12.9. The predicted octanol–water partition coefficient (Wildman–Crippen LogP) is 0.658. The van der Waals surface area contributed by atoms with Crippen LogP contribution in [0, 0.1) is 5.41 Å². The van der Waals surface area contributed by atoms with Gasteiger partial charge in [0.05, 0.1) is 5.41 Å². The van der Waals surface area contributed by atoms with Gasteiger partial charge in [0.2, 0.25) is 11.9 Å². The van der Waals surface area contributed by atoms with E-state index in [2.05, 4.69) is 20.2 Å². The van der Waals surface area contributed by atoms with Crippen LogP contribution in [0.4, 0.5) is 5.95 Å². The summed E-state index contributed by atoms with van der Waals surface area (Å²) in [7, 11) is 0. The lowest BCUT2D eigenvalue weighted by Crippen LogP contribution is -2.46. The first-order valence-electron chi connectivity index (χ1n) is 9.37. The van der Waals surface area contributed by atoms with Gasteiger partial charge < -0.3 is 20.2 Å². The number of rotatable bonds is 7. The number of aromatic nitrogens is 2. The van der Waals surface area contributed by atoms with E-state index in [4.69, 9.17) is 0 Å². The lowest BCUT2D eigenvalue weighted by molar-refractivity contribution is -0.130. The number of nitrogens with zero attached hydrogens (tertiary/aromatic N) is 4. The largest absolute Gasteiger partial charge is 0.396 e. The number of hydrogen-bond acceptors (Lipinski definition) is 6. The molecule has 7 heteroatoms. The molecule has 25 heavy (non-hydrogen) atoms. The number of carbonyl (C=O) groups is 1. The van der Waals surface area contributed by atoms with Crippen LogP contribution in [0.25, 0.3) is 0 Å². The number of amides is 1. The summed E-state index contributed by atoms with van der Waals surface area (Å²) >= 11 is 0. The zero-order valence-electron chi connectivity index (χ0n) is 14.9. The molecule has 2 saturated heterocycles. The van der Waals surface area contributed by atoms with Gasteiger partial charge in [-0.25, -0.2) is 9.97 Å². The molecule has 2 aliphatic rings. The van der Waals surface area contributed by atoms with Crippen molar-refractivity contribution in [3.63, 3.8) is 0 Å². The molecule has 2 aliphatic heterocycles. The molecule has 1 aromatic heterocycles. The van der Waals surface area contributed by atoms with Gasteiger partial charge in [-0.05, 0) is 44.8 Å². The van der Waals surface area contributed by atoms with Gasteiger partial charge in [-0.1, -0.05) is 6.42 Å². The van der Waals surface area contributed by atoms with Gasteiger partial charge in [0.1, 0.15) is 0 Å². The molecule has 0 aliphatic carbocycles. The fourth-order valence-corrected chi connectivity index (χ4v) is 3.91. The minimum absolute atomic E-state index is 0.0169. The lowest BCUT2D eigenvalue weighted by Gasteiger charge is -2.29. The summed E-state index contributed by atoms with van der Waals surface area (Å²) < 4.78 is 0. The Morgan fingerprint density at radius 3 is 2.68 bits per heavy atom. The van der Waals surface area contributed by atoms with E-state index >= 15 is 0 Å². The fourth-order valence-electron chi connectivity index (χ4n) is 3.91. The Morgan fingerprint density at radius 2 is 1.96 bits per heavy atom. The molecule has 0 radical (unpaired) electrons. The molecule has 1 atom stereocenters. The van der Waals surface area contributed by atoms with E-state index in [1.54, 1.807) is 18.5 Å². The number of anilines is 1. The van der Waals surface area contributed by atoms with Crippen molar-refractivity contribution in [1.29, 1.82) is 0 Å². The summed E-state index contributed by atoms with van der Waals surface area (Å²) in [6.45, 7) is 5.17. The van der Waals surface area contributed by atoms with Crippen LogP contribution < -0.4 is 10.2 Å². The van der Waals surface area contributed by atoms with Crippen molar-refractivity contribution < 1.29 is 9.90 Å². The molecule has 0 spiro atoms. The quantitative estimate of drug-likeness (QED) is 0.754. The zero-order chi connectivity index (χ0) is 17.5. The van der Waals surface area contributed by atoms with Crippen molar-refractivity contribution in [2.24, 2.45) is 5.41 Å². The molecule has 0 aromatic carbocycles. The third kappa shape index (κ3) is 4.46. The summed E-state index contributed by atoms with van der Waals surface area (Å²) in [5, 5.41) is 12.6. The molecule has 2 N–H and O–H groups in total. The van der Waals surface area contributed by atoms with Crippen LogP contribution in [0.5, 0.6) is 0 Å². The Morgan fingerprint density at radius 1 is 1.20 bits per heavy atom. The van der Waals surface area contributed by atoms with Gasteiger partial charge in [-0.2, -0.15) is 0 Å². The van der Waals surface area contributed by atoms with E-state index in [-0.39, 0.29) is 12.5 Å². The summed E-state index contributed by atoms with van der Waals surface area (Å²) in [4.78, 5) is 25.9. The van der Waals surface area contributed by atoms with Crippen LogP contribution in [-0.2, 0) is 4.79 Å². The first kappa shape index (κ1) is 18.1. The Kier molecular flexibility index (Phi) is 6.20. The number of nitrogens with one attached hydrogen (secondary N) is 1. The lowest BCUT2D eigenvalue weighted by atomic mass is 9.82. The second kappa shape index (κ2) is 8.58. The van der Waals surface area contributed by atoms with Gasteiger partial charge in [0.15, 0.2) is 0 Å². The summed E-state index contributed by atoms with van der Waals surface area (Å²) in [5.41, 5.74) is -0.546. The molecular formula is C18H29N5O2. The molecule has 3 heterocycles. The highest BCUT2D eigenvalue weighted by molar-refractivity contribution is 5.84. The average Bonchev–Trinajstić information content (AvgIpc) is 3.09. The highest BCUT2D eigenvalue weighted by Gasteiger charge is 2.44. The summed E-state index contributed by atoms with van der Waals surface area (Å²) in [6, 6.07) is 1.79. The van der Waals surface area contributed by atoms with Crippen molar-refractivity contribution in [3.8, 4) is 0 Å². The molecule has 0 bridgehead atoms. The monoisotopic (exact) mass is 347 g/mol. The van der Waals surface area contributed by atoms with Crippen LogP contribution >= 0.6 is 0 Å². The molecule has 7 nitrogen and oxygen atoms in total. The molecular weight excluding hydrogens is 318 g/mol. The number of aliphatic hydroxyl groups is 1. The van der Waals surface area contributed by atoms with Crippen molar-refractivity contribution in [1.82, 2.24) is 20.2 Å². The zero-order valence-corrected chi connectivity index (χ0v) is 14.9. The van der Waals surface area contributed by atoms with E-state index in [0.29, 0.717) is 25.5 Å². The number of piperidine rings is 1. The predicted molar refractivity (Wildman–Crippen MR) is 96.3 cm³/mol. The normalized spacial score (nSPS) is 24.4. The smallest absolute Gasteiger partial charge is 0.228 e. The van der Waals surface area contributed by atoms with Crippen LogP contribution in [0.15, 0.2) is 18.5 Å². The molecule has 2 fully saturated rings. The topological polar surface area (TPSA) is 81.6 Å². The van der Waals surface area contributed by atoms with E-state index in [0.717, 1.165) is 32.6 Å².